The van der Waals surface area contributed by atoms with Crippen LogP contribution in [0, 0.1) is 17.8 Å². The highest BCUT2D eigenvalue weighted by atomic mass is 32.2. The van der Waals surface area contributed by atoms with Crippen LogP contribution in [0.2, 0.25) is 0 Å². The predicted octanol–water partition coefficient (Wildman–Crippen LogP) is 4.04. The first-order valence-corrected chi connectivity index (χ1v) is 17.3. The first-order valence-electron chi connectivity index (χ1n) is 15.8. The maximum Gasteiger partial charge on any atom is 0.407 e. The Morgan fingerprint density at radius 1 is 1.02 bits per heavy atom. The molecule has 0 aliphatic carbocycles. The highest BCUT2D eigenvalue weighted by Crippen LogP contribution is 2.33. The Balaban J connectivity index is 1.31. The summed E-state index contributed by atoms with van der Waals surface area (Å²) in [7, 11) is -4.03. The standard InChI is InChI=1S/C33H44N4O8S/c1-21(2)16-30-35-31(36-45-30)24-10-12-25(13-11-24)46(40,41)37(18-22(3)4)19-28(38)27(17-23-8-6-5-7-9-23)34-33(39)44-29-20-43-32-26(29)14-15-42-32/h5-13,21-22,26-29,32,38H,14-20H2,1-4H3,(H,34,39)/t26-,27-,28+,29-,32+/m0/s1. The summed E-state index contributed by atoms with van der Waals surface area (Å²) in [6.07, 6.45) is -1.14. The second-order valence-corrected chi connectivity index (χ2v) is 14.8. The maximum absolute atomic E-state index is 13.9. The molecule has 5 atom stereocenters. The SMILES string of the molecule is CC(C)Cc1nc(-c2ccc(S(=O)(=O)N(CC(C)C)C[C@@H](O)[C@H](Cc3ccccc3)NC(=O)O[C@H]3CO[C@H]4OCC[C@H]43)cc2)no1. The molecular formula is C33H44N4O8S. The minimum Gasteiger partial charge on any atom is -0.443 e. The zero-order chi connectivity index (χ0) is 32.8. The lowest BCUT2D eigenvalue weighted by Crippen LogP contribution is -2.51. The van der Waals surface area contributed by atoms with Crippen molar-refractivity contribution in [2.45, 2.75) is 76.4 Å². The van der Waals surface area contributed by atoms with E-state index >= 15 is 0 Å². The second-order valence-electron chi connectivity index (χ2n) is 12.8. The summed E-state index contributed by atoms with van der Waals surface area (Å²) in [6, 6.07) is 14.8. The van der Waals surface area contributed by atoms with Gasteiger partial charge in [-0.2, -0.15) is 9.29 Å². The fourth-order valence-corrected chi connectivity index (χ4v) is 7.39. The summed E-state index contributed by atoms with van der Waals surface area (Å²) in [5.41, 5.74) is 1.49. The van der Waals surface area contributed by atoms with Gasteiger partial charge in [0.1, 0.15) is 6.10 Å². The molecule has 46 heavy (non-hydrogen) atoms. The molecule has 250 valence electrons. The Hall–Kier alpha value is -3.36. The average Bonchev–Trinajstić information content (AvgIpc) is 3.76. The Labute approximate surface area is 270 Å². The molecule has 12 nitrogen and oxygen atoms in total. The van der Waals surface area contributed by atoms with Gasteiger partial charge < -0.3 is 29.2 Å². The Morgan fingerprint density at radius 2 is 1.76 bits per heavy atom. The molecule has 3 heterocycles. The van der Waals surface area contributed by atoms with Gasteiger partial charge in [0.25, 0.3) is 0 Å². The number of aliphatic hydroxyl groups excluding tert-OH is 1. The van der Waals surface area contributed by atoms with Gasteiger partial charge >= 0.3 is 6.09 Å². The fourth-order valence-electron chi connectivity index (χ4n) is 5.76. The van der Waals surface area contributed by atoms with E-state index in [1.165, 1.54) is 16.4 Å². The van der Waals surface area contributed by atoms with E-state index in [1.54, 1.807) is 12.1 Å². The molecule has 0 saturated carbocycles. The molecule has 1 aromatic heterocycles. The van der Waals surface area contributed by atoms with Crippen LogP contribution in [0.3, 0.4) is 0 Å². The van der Waals surface area contributed by atoms with Gasteiger partial charge in [0, 0.05) is 25.1 Å². The van der Waals surface area contributed by atoms with Crippen LogP contribution in [0.25, 0.3) is 11.4 Å². The van der Waals surface area contributed by atoms with Crippen molar-refractivity contribution in [1.82, 2.24) is 19.8 Å². The summed E-state index contributed by atoms with van der Waals surface area (Å²) >= 11 is 0. The monoisotopic (exact) mass is 656 g/mol. The van der Waals surface area contributed by atoms with E-state index in [0.717, 1.165) is 12.0 Å². The second kappa shape index (κ2) is 15.0. The normalized spacial score (nSPS) is 21.1. The lowest BCUT2D eigenvalue weighted by molar-refractivity contribution is -0.0907. The van der Waals surface area contributed by atoms with Gasteiger partial charge in [-0.1, -0.05) is 63.2 Å². The van der Waals surface area contributed by atoms with Gasteiger partial charge in [-0.05, 0) is 54.5 Å². The number of fused-ring (bicyclic) bond motifs is 1. The molecule has 2 aliphatic rings. The lowest BCUT2D eigenvalue weighted by atomic mass is 10.0. The molecule has 0 spiro atoms. The van der Waals surface area contributed by atoms with Crippen molar-refractivity contribution in [1.29, 1.82) is 0 Å². The van der Waals surface area contributed by atoms with Gasteiger partial charge in [-0.25, -0.2) is 13.2 Å². The summed E-state index contributed by atoms with van der Waals surface area (Å²) in [5, 5.41) is 18.4. The van der Waals surface area contributed by atoms with Crippen LogP contribution < -0.4 is 5.32 Å². The average molecular weight is 657 g/mol. The molecule has 0 unspecified atom stereocenters. The number of nitrogens with zero attached hydrogens (tertiary/aromatic N) is 3. The van der Waals surface area contributed by atoms with E-state index in [1.807, 2.05) is 44.2 Å². The molecule has 13 heteroatoms. The number of carbonyl (C=O) groups is 1. The minimum atomic E-state index is -4.03. The number of hydrogen-bond donors (Lipinski definition) is 2. The number of hydrogen-bond acceptors (Lipinski definition) is 10. The molecule has 0 radical (unpaired) electrons. The summed E-state index contributed by atoms with van der Waals surface area (Å²) < 4.78 is 51.3. The summed E-state index contributed by atoms with van der Waals surface area (Å²) in [4.78, 5) is 17.6. The van der Waals surface area contributed by atoms with Crippen LogP contribution in [-0.2, 0) is 37.1 Å². The minimum absolute atomic E-state index is 0.0330. The van der Waals surface area contributed by atoms with Gasteiger partial charge in [0.2, 0.25) is 21.7 Å². The topological polar surface area (TPSA) is 153 Å². The van der Waals surface area contributed by atoms with Crippen LogP contribution in [-0.4, -0.2) is 84.9 Å². The lowest BCUT2D eigenvalue weighted by Gasteiger charge is -2.31. The van der Waals surface area contributed by atoms with Crippen molar-refractivity contribution in [3.8, 4) is 11.4 Å². The molecule has 3 aromatic rings. The van der Waals surface area contributed by atoms with E-state index in [9.17, 15) is 18.3 Å². The van der Waals surface area contributed by atoms with Crippen molar-refractivity contribution in [2.24, 2.45) is 17.8 Å². The Kier molecular flexibility index (Phi) is 11.1. The van der Waals surface area contributed by atoms with E-state index in [0.29, 0.717) is 36.2 Å². The van der Waals surface area contributed by atoms with Crippen LogP contribution >= 0.6 is 0 Å². The van der Waals surface area contributed by atoms with E-state index in [2.05, 4.69) is 29.3 Å². The number of sulfonamides is 1. The number of ether oxygens (including phenoxy) is 3. The zero-order valence-corrected chi connectivity index (χ0v) is 27.6. The van der Waals surface area contributed by atoms with Crippen molar-refractivity contribution in [2.75, 3.05) is 26.3 Å². The summed E-state index contributed by atoms with van der Waals surface area (Å²) in [6.45, 7) is 8.63. The first kappa shape index (κ1) is 34.0. The molecule has 0 bridgehead atoms. The zero-order valence-electron chi connectivity index (χ0n) is 26.7. The van der Waals surface area contributed by atoms with Crippen LogP contribution in [0.15, 0.2) is 64.0 Å². The van der Waals surface area contributed by atoms with Crippen molar-refractivity contribution >= 4 is 16.1 Å². The highest BCUT2D eigenvalue weighted by molar-refractivity contribution is 7.89. The van der Waals surface area contributed by atoms with Crippen LogP contribution in [0.5, 0.6) is 0 Å². The molecule has 1 amide bonds. The van der Waals surface area contributed by atoms with Crippen molar-refractivity contribution in [3.05, 3.63) is 66.1 Å². The van der Waals surface area contributed by atoms with Gasteiger partial charge in [0.15, 0.2) is 6.29 Å². The quantitative estimate of drug-likeness (QED) is 0.260. The van der Waals surface area contributed by atoms with Crippen LogP contribution in [0.1, 0.15) is 45.6 Å². The number of aliphatic hydroxyl groups is 1. The van der Waals surface area contributed by atoms with E-state index in [-0.39, 0.29) is 49.1 Å². The van der Waals surface area contributed by atoms with Gasteiger partial charge in [0.05, 0.1) is 36.2 Å². The Morgan fingerprint density at radius 3 is 2.46 bits per heavy atom. The molecule has 2 aliphatic heterocycles. The van der Waals surface area contributed by atoms with Gasteiger partial charge in [-0.15, -0.1) is 0 Å². The fraction of sp³-hybridized carbons (Fsp3) is 0.545. The molecule has 2 N–H and O–H groups in total. The summed E-state index contributed by atoms with van der Waals surface area (Å²) in [5.74, 6) is 1.19. The predicted molar refractivity (Wildman–Crippen MR) is 169 cm³/mol. The number of carbonyl (C=O) groups excluding carboxylic acids is 1. The highest BCUT2D eigenvalue weighted by Gasteiger charge is 2.44. The number of nitrogens with one attached hydrogen (secondary N) is 1. The first-order chi connectivity index (χ1) is 22.0. The third-order valence-corrected chi connectivity index (χ3v) is 9.92. The number of benzene rings is 2. The molecule has 2 aromatic carbocycles. The molecule has 2 fully saturated rings. The number of alkyl carbamates (subject to hydrolysis) is 1. The number of rotatable bonds is 14. The third kappa shape index (κ3) is 8.51. The largest absolute Gasteiger partial charge is 0.443 e. The van der Waals surface area contributed by atoms with E-state index in [4.69, 9.17) is 18.7 Å². The number of aromatic nitrogens is 2. The van der Waals surface area contributed by atoms with Crippen LogP contribution in [0.4, 0.5) is 4.79 Å². The molecular weight excluding hydrogens is 612 g/mol. The van der Waals surface area contributed by atoms with Crippen molar-refractivity contribution in [3.63, 3.8) is 0 Å². The number of amides is 1. The smallest absolute Gasteiger partial charge is 0.407 e. The maximum atomic E-state index is 13.9. The van der Waals surface area contributed by atoms with Gasteiger partial charge in [-0.3, -0.25) is 0 Å². The molecule has 5 rings (SSSR count). The van der Waals surface area contributed by atoms with E-state index < -0.39 is 34.4 Å². The third-order valence-electron chi connectivity index (χ3n) is 8.07. The molecule has 2 saturated heterocycles. The Bertz CT molecular complexity index is 1530. The van der Waals surface area contributed by atoms with Crippen molar-refractivity contribution < 1.29 is 37.1 Å².